The van der Waals surface area contributed by atoms with E-state index < -0.39 is 30.2 Å². The Bertz CT molecular complexity index is 204. The molecule has 0 aliphatic carbocycles. The molecule has 4 atom stereocenters. The number of hydrogen-bond acceptors (Lipinski definition) is 5. The predicted octanol–water partition coefficient (Wildman–Crippen LogP) is -0.369. The SMILES string of the molecule is CCC1(CC)OC(O)[C@H](O)[C@H](O)[C@H]1OC. The maximum absolute atomic E-state index is 9.79. The topological polar surface area (TPSA) is 79.2 Å². The van der Waals surface area contributed by atoms with E-state index >= 15 is 0 Å². The lowest BCUT2D eigenvalue weighted by Crippen LogP contribution is -2.64. The highest BCUT2D eigenvalue weighted by atomic mass is 16.7. The van der Waals surface area contributed by atoms with Gasteiger partial charge in [0, 0.05) is 7.11 Å². The lowest BCUT2D eigenvalue weighted by molar-refractivity contribution is -0.325. The van der Waals surface area contributed by atoms with E-state index in [0.29, 0.717) is 12.8 Å². The fourth-order valence-electron chi connectivity index (χ4n) is 2.21. The van der Waals surface area contributed by atoms with Crippen molar-refractivity contribution in [3.63, 3.8) is 0 Å². The number of hydrogen-bond donors (Lipinski definition) is 3. The van der Waals surface area contributed by atoms with Crippen molar-refractivity contribution >= 4 is 0 Å². The van der Waals surface area contributed by atoms with Gasteiger partial charge in [-0.1, -0.05) is 13.8 Å². The Balaban J connectivity index is 2.95. The molecule has 0 radical (unpaired) electrons. The Hall–Kier alpha value is -0.200. The highest BCUT2D eigenvalue weighted by Crippen LogP contribution is 2.36. The summed E-state index contributed by atoms with van der Waals surface area (Å²) in [6.07, 6.45) is -3.22. The van der Waals surface area contributed by atoms with Gasteiger partial charge in [-0.25, -0.2) is 0 Å². The van der Waals surface area contributed by atoms with Crippen LogP contribution in [-0.4, -0.2) is 52.6 Å². The average molecular weight is 220 g/mol. The molecule has 3 N–H and O–H groups in total. The first-order chi connectivity index (χ1) is 7.02. The molecule has 1 aliphatic heterocycles. The van der Waals surface area contributed by atoms with Gasteiger partial charge in [-0.15, -0.1) is 0 Å². The van der Waals surface area contributed by atoms with Gasteiger partial charge in [0.2, 0.25) is 0 Å². The third-order valence-electron chi connectivity index (χ3n) is 3.28. The zero-order chi connectivity index (χ0) is 11.6. The van der Waals surface area contributed by atoms with Crippen molar-refractivity contribution in [1.29, 1.82) is 0 Å². The standard InChI is InChI=1S/C10H20O5/c1-4-10(5-2)8(14-3)6(11)7(12)9(13)15-10/h6-9,11-13H,4-5H2,1-3H3/t6-,7+,8+,9?/m0/s1. The summed E-state index contributed by atoms with van der Waals surface area (Å²) in [5, 5.41) is 28.7. The first-order valence-electron chi connectivity index (χ1n) is 5.27. The molecule has 0 amide bonds. The number of rotatable bonds is 3. The molecule has 1 saturated heterocycles. The Morgan fingerprint density at radius 3 is 2.07 bits per heavy atom. The molecule has 5 nitrogen and oxygen atoms in total. The van der Waals surface area contributed by atoms with Gasteiger partial charge in [0.25, 0.3) is 0 Å². The van der Waals surface area contributed by atoms with Crippen molar-refractivity contribution < 1.29 is 24.8 Å². The molecule has 0 aromatic heterocycles. The molecule has 0 saturated carbocycles. The van der Waals surface area contributed by atoms with Crippen molar-refractivity contribution in [1.82, 2.24) is 0 Å². The number of ether oxygens (including phenoxy) is 2. The predicted molar refractivity (Wildman–Crippen MR) is 53.2 cm³/mol. The molecule has 90 valence electrons. The second kappa shape index (κ2) is 4.76. The fourth-order valence-corrected chi connectivity index (χ4v) is 2.21. The monoisotopic (exact) mass is 220 g/mol. The third kappa shape index (κ3) is 2.03. The van der Waals surface area contributed by atoms with Crippen LogP contribution in [0.1, 0.15) is 26.7 Å². The van der Waals surface area contributed by atoms with Crippen LogP contribution in [0.25, 0.3) is 0 Å². The first-order valence-corrected chi connectivity index (χ1v) is 5.27. The zero-order valence-electron chi connectivity index (χ0n) is 9.38. The normalized spacial score (nSPS) is 40.4. The highest BCUT2D eigenvalue weighted by molar-refractivity contribution is 4.99. The van der Waals surface area contributed by atoms with Crippen LogP contribution in [0.4, 0.5) is 0 Å². The smallest absolute Gasteiger partial charge is 0.184 e. The van der Waals surface area contributed by atoms with Crippen LogP contribution in [0, 0.1) is 0 Å². The molecular formula is C10H20O5. The van der Waals surface area contributed by atoms with Crippen LogP contribution in [-0.2, 0) is 9.47 Å². The Morgan fingerprint density at radius 2 is 1.67 bits per heavy atom. The van der Waals surface area contributed by atoms with E-state index in [1.165, 1.54) is 7.11 Å². The van der Waals surface area contributed by atoms with Crippen molar-refractivity contribution in [3.05, 3.63) is 0 Å². The molecule has 0 spiro atoms. The molecule has 1 rings (SSSR count). The minimum atomic E-state index is -1.36. The summed E-state index contributed by atoms with van der Waals surface area (Å²) >= 11 is 0. The van der Waals surface area contributed by atoms with Crippen molar-refractivity contribution in [3.8, 4) is 0 Å². The van der Waals surface area contributed by atoms with Crippen LogP contribution in [0.15, 0.2) is 0 Å². The maximum atomic E-state index is 9.79. The molecular weight excluding hydrogens is 200 g/mol. The van der Waals surface area contributed by atoms with Gasteiger partial charge in [0.15, 0.2) is 6.29 Å². The molecule has 5 heteroatoms. The second-order valence-electron chi connectivity index (χ2n) is 3.92. The average Bonchev–Trinajstić information content (AvgIpc) is 2.25. The summed E-state index contributed by atoms with van der Waals surface area (Å²) in [5.41, 5.74) is -0.729. The van der Waals surface area contributed by atoms with E-state index in [4.69, 9.17) is 9.47 Å². The van der Waals surface area contributed by atoms with Crippen molar-refractivity contribution in [2.24, 2.45) is 0 Å². The quantitative estimate of drug-likeness (QED) is 0.605. The molecule has 0 bridgehead atoms. The van der Waals surface area contributed by atoms with E-state index in [9.17, 15) is 15.3 Å². The second-order valence-corrected chi connectivity index (χ2v) is 3.92. The number of methoxy groups -OCH3 is 1. The summed E-state index contributed by atoms with van der Waals surface area (Å²) in [4.78, 5) is 0. The van der Waals surface area contributed by atoms with Gasteiger partial charge in [0.1, 0.15) is 18.3 Å². The zero-order valence-corrected chi connectivity index (χ0v) is 9.38. The van der Waals surface area contributed by atoms with Crippen molar-refractivity contribution in [2.75, 3.05) is 7.11 Å². The van der Waals surface area contributed by atoms with E-state index in [2.05, 4.69) is 0 Å². The molecule has 1 fully saturated rings. The van der Waals surface area contributed by atoms with Crippen LogP contribution in [0.3, 0.4) is 0 Å². The van der Waals surface area contributed by atoms with Gasteiger partial charge in [-0.2, -0.15) is 0 Å². The summed E-state index contributed by atoms with van der Waals surface area (Å²) < 4.78 is 10.6. The van der Waals surface area contributed by atoms with Crippen LogP contribution < -0.4 is 0 Å². The summed E-state index contributed by atoms with van der Waals surface area (Å²) in [6.45, 7) is 3.79. The van der Waals surface area contributed by atoms with Gasteiger partial charge < -0.3 is 24.8 Å². The minimum absolute atomic E-state index is 0.600. The molecule has 1 aliphatic rings. The number of aliphatic hydroxyl groups excluding tert-OH is 3. The van der Waals surface area contributed by atoms with Gasteiger partial charge in [-0.05, 0) is 12.8 Å². The van der Waals surface area contributed by atoms with Crippen LogP contribution >= 0.6 is 0 Å². The Labute approximate surface area is 89.6 Å². The first kappa shape index (κ1) is 12.9. The fraction of sp³-hybridized carbons (Fsp3) is 1.00. The molecule has 1 unspecified atom stereocenters. The molecule has 0 aromatic carbocycles. The van der Waals surface area contributed by atoms with E-state index in [-0.39, 0.29) is 0 Å². The Kier molecular flexibility index (Phi) is 4.08. The summed E-state index contributed by atoms with van der Waals surface area (Å²) in [6, 6.07) is 0. The van der Waals surface area contributed by atoms with E-state index in [1.54, 1.807) is 0 Å². The van der Waals surface area contributed by atoms with Gasteiger partial charge in [0.05, 0.1) is 5.60 Å². The third-order valence-corrected chi connectivity index (χ3v) is 3.28. The lowest BCUT2D eigenvalue weighted by atomic mass is 9.82. The molecule has 1 heterocycles. The van der Waals surface area contributed by atoms with Crippen LogP contribution in [0.2, 0.25) is 0 Å². The maximum Gasteiger partial charge on any atom is 0.184 e. The molecule has 15 heavy (non-hydrogen) atoms. The van der Waals surface area contributed by atoms with Gasteiger partial charge in [-0.3, -0.25) is 0 Å². The minimum Gasteiger partial charge on any atom is -0.387 e. The molecule has 0 aromatic rings. The Morgan fingerprint density at radius 1 is 1.13 bits per heavy atom. The largest absolute Gasteiger partial charge is 0.387 e. The highest BCUT2D eigenvalue weighted by Gasteiger charge is 2.52. The summed E-state index contributed by atoms with van der Waals surface area (Å²) in [5.74, 6) is 0. The van der Waals surface area contributed by atoms with Gasteiger partial charge >= 0.3 is 0 Å². The van der Waals surface area contributed by atoms with Crippen molar-refractivity contribution in [2.45, 2.75) is 56.9 Å². The van der Waals surface area contributed by atoms with Crippen LogP contribution in [0.5, 0.6) is 0 Å². The van der Waals surface area contributed by atoms with E-state index in [0.717, 1.165) is 0 Å². The summed E-state index contributed by atoms with van der Waals surface area (Å²) in [7, 11) is 1.46. The number of aliphatic hydroxyl groups is 3. The lowest BCUT2D eigenvalue weighted by Gasteiger charge is -2.48. The van der Waals surface area contributed by atoms with E-state index in [1.807, 2.05) is 13.8 Å².